The molecular formula is C9H10N2. The first-order valence-corrected chi connectivity index (χ1v) is 3.85. The first kappa shape index (κ1) is 6.53. The van der Waals surface area contributed by atoms with Gasteiger partial charge in [-0.1, -0.05) is 6.08 Å². The molecule has 0 N–H and O–H groups in total. The summed E-state index contributed by atoms with van der Waals surface area (Å²) in [6, 6.07) is 0. The van der Waals surface area contributed by atoms with Crippen LogP contribution in [0.4, 0.5) is 0 Å². The van der Waals surface area contributed by atoms with Crippen LogP contribution in [0, 0.1) is 0 Å². The van der Waals surface area contributed by atoms with Gasteiger partial charge < -0.3 is 0 Å². The molecular weight excluding hydrogens is 136 g/mol. The van der Waals surface area contributed by atoms with Gasteiger partial charge in [-0.3, -0.25) is 9.97 Å². The van der Waals surface area contributed by atoms with Crippen LogP contribution >= 0.6 is 0 Å². The van der Waals surface area contributed by atoms with Crippen molar-refractivity contribution in [3.63, 3.8) is 0 Å². The molecule has 0 unspecified atom stereocenters. The van der Waals surface area contributed by atoms with Gasteiger partial charge in [0.05, 0.1) is 11.4 Å². The van der Waals surface area contributed by atoms with E-state index in [9.17, 15) is 0 Å². The van der Waals surface area contributed by atoms with E-state index < -0.39 is 0 Å². The lowest BCUT2D eigenvalue weighted by molar-refractivity contribution is 0.892. The zero-order chi connectivity index (χ0) is 7.68. The Morgan fingerprint density at radius 1 is 1.27 bits per heavy atom. The molecule has 0 aliphatic heterocycles. The first-order valence-electron chi connectivity index (χ1n) is 3.85. The van der Waals surface area contributed by atoms with E-state index in [2.05, 4.69) is 23.0 Å². The van der Waals surface area contributed by atoms with Crippen molar-refractivity contribution in [2.24, 2.45) is 0 Å². The fourth-order valence-electron chi connectivity index (χ4n) is 1.40. The molecule has 0 amide bonds. The Kier molecular flexibility index (Phi) is 1.46. The molecule has 0 saturated heterocycles. The Labute approximate surface area is 66.0 Å². The lowest BCUT2D eigenvalue weighted by Crippen LogP contribution is -2.02. The van der Waals surface area contributed by atoms with E-state index in [-0.39, 0.29) is 0 Å². The average Bonchev–Trinajstić information content (AvgIpc) is 2.06. The highest BCUT2D eigenvalue weighted by atomic mass is 14.8. The summed E-state index contributed by atoms with van der Waals surface area (Å²) in [6.07, 6.45) is 7.88. The summed E-state index contributed by atoms with van der Waals surface area (Å²) in [5.41, 5.74) is 3.49. The van der Waals surface area contributed by atoms with Gasteiger partial charge in [-0.05, 0) is 25.3 Å². The summed E-state index contributed by atoms with van der Waals surface area (Å²) >= 11 is 0. The summed E-state index contributed by atoms with van der Waals surface area (Å²) in [5.74, 6) is 0. The molecule has 0 fully saturated rings. The standard InChI is InChI=1S/C9H10N2/c1-7-3-2-4-8-9(7)11-6-5-10-8/h3,5-6H,2,4H2,1H3. The fourth-order valence-corrected chi connectivity index (χ4v) is 1.40. The number of aryl methyl sites for hydroxylation is 1. The van der Waals surface area contributed by atoms with Crippen molar-refractivity contribution < 1.29 is 0 Å². The highest BCUT2D eigenvalue weighted by Crippen LogP contribution is 2.20. The van der Waals surface area contributed by atoms with Crippen molar-refractivity contribution in [1.29, 1.82) is 0 Å². The Bertz CT molecular complexity index is 302. The molecule has 1 heterocycles. The van der Waals surface area contributed by atoms with E-state index in [4.69, 9.17) is 0 Å². The van der Waals surface area contributed by atoms with Crippen molar-refractivity contribution in [3.05, 3.63) is 29.9 Å². The third-order valence-corrected chi connectivity index (χ3v) is 1.98. The summed E-state index contributed by atoms with van der Waals surface area (Å²) in [5, 5.41) is 0. The van der Waals surface area contributed by atoms with Crippen molar-refractivity contribution in [2.45, 2.75) is 19.8 Å². The number of allylic oxidation sites excluding steroid dienone is 2. The smallest absolute Gasteiger partial charge is 0.0871 e. The molecule has 2 nitrogen and oxygen atoms in total. The topological polar surface area (TPSA) is 25.8 Å². The van der Waals surface area contributed by atoms with Crippen LogP contribution in [0.3, 0.4) is 0 Å². The van der Waals surface area contributed by atoms with Gasteiger partial charge in [-0.25, -0.2) is 0 Å². The normalized spacial score (nSPS) is 15.5. The minimum Gasteiger partial charge on any atom is -0.257 e. The van der Waals surface area contributed by atoms with Crippen LogP contribution in [0.25, 0.3) is 5.57 Å². The monoisotopic (exact) mass is 146 g/mol. The maximum absolute atomic E-state index is 4.27. The van der Waals surface area contributed by atoms with Crippen LogP contribution < -0.4 is 0 Å². The Balaban J connectivity index is 2.56. The summed E-state index contributed by atoms with van der Waals surface area (Å²) in [7, 11) is 0. The van der Waals surface area contributed by atoms with E-state index in [0.717, 1.165) is 24.2 Å². The molecule has 0 atom stereocenters. The van der Waals surface area contributed by atoms with Crippen molar-refractivity contribution in [3.8, 4) is 0 Å². The van der Waals surface area contributed by atoms with E-state index >= 15 is 0 Å². The Morgan fingerprint density at radius 3 is 2.91 bits per heavy atom. The van der Waals surface area contributed by atoms with Crippen molar-refractivity contribution in [1.82, 2.24) is 9.97 Å². The summed E-state index contributed by atoms with van der Waals surface area (Å²) in [6.45, 7) is 2.09. The fraction of sp³-hybridized carbons (Fsp3) is 0.333. The van der Waals surface area contributed by atoms with Crippen molar-refractivity contribution in [2.75, 3.05) is 0 Å². The predicted octanol–water partition coefficient (Wildman–Crippen LogP) is 1.83. The van der Waals surface area contributed by atoms with Crippen LogP contribution in [0.2, 0.25) is 0 Å². The van der Waals surface area contributed by atoms with E-state index in [0.29, 0.717) is 0 Å². The molecule has 1 aromatic heterocycles. The average molecular weight is 146 g/mol. The maximum atomic E-state index is 4.27. The minimum atomic E-state index is 1.04. The molecule has 0 aromatic carbocycles. The molecule has 1 aliphatic rings. The zero-order valence-electron chi connectivity index (χ0n) is 6.54. The number of nitrogens with zero attached hydrogens (tertiary/aromatic N) is 2. The zero-order valence-corrected chi connectivity index (χ0v) is 6.54. The second kappa shape index (κ2) is 2.46. The van der Waals surface area contributed by atoms with Crippen LogP contribution in [0.1, 0.15) is 24.7 Å². The van der Waals surface area contributed by atoms with Gasteiger partial charge in [-0.15, -0.1) is 0 Å². The molecule has 0 radical (unpaired) electrons. The van der Waals surface area contributed by atoms with Gasteiger partial charge in [0.1, 0.15) is 0 Å². The maximum Gasteiger partial charge on any atom is 0.0871 e. The SMILES string of the molecule is CC1=CCCc2nccnc21. The van der Waals surface area contributed by atoms with Gasteiger partial charge in [-0.2, -0.15) is 0 Å². The largest absolute Gasteiger partial charge is 0.257 e. The molecule has 2 heteroatoms. The van der Waals surface area contributed by atoms with Gasteiger partial charge >= 0.3 is 0 Å². The molecule has 56 valence electrons. The van der Waals surface area contributed by atoms with Gasteiger partial charge in [0.2, 0.25) is 0 Å². The minimum absolute atomic E-state index is 1.04. The molecule has 1 aromatic rings. The number of hydrogen-bond acceptors (Lipinski definition) is 2. The quantitative estimate of drug-likeness (QED) is 0.558. The number of rotatable bonds is 0. The lowest BCUT2D eigenvalue weighted by Gasteiger charge is -2.11. The van der Waals surface area contributed by atoms with E-state index in [1.807, 2.05) is 0 Å². The molecule has 0 saturated carbocycles. The van der Waals surface area contributed by atoms with Crippen LogP contribution in [-0.2, 0) is 6.42 Å². The number of aromatic nitrogens is 2. The summed E-state index contributed by atoms with van der Waals surface area (Å²) in [4.78, 5) is 8.54. The highest BCUT2D eigenvalue weighted by molar-refractivity contribution is 5.63. The molecule has 11 heavy (non-hydrogen) atoms. The molecule has 1 aliphatic carbocycles. The predicted molar refractivity (Wildman–Crippen MR) is 44.0 cm³/mol. The number of fused-ring (bicyclic) bond motifs is 1. The second-order valence-corrected chi connectivity index (χ2v) is 2.78. The highest BCUT2D eigenvalue weighted by Gasteiger charge is 2.09. The van der Waals surface area contributed by atoms with Gasteiger partial charge in [0.25, 0.3) is 0 Å². The van der Waals surface area contributed by atoms with Crippen molar-refractivity contribution >= 4 is 5.57 Å². The molecule has 0 bridgehead atoms. The summed E-state index contributed by atoms with van der Waals surface area (Å²) < 4.78 is 0. The lowest BCUT2D eigenvalue weighted by atomic mass is 10.0. The van der Waals surface area contributed by atoms with E-state index in [1.54, 1.807) is 12.4 Å². The third-order valence-electron chi connectivity index (χ3n) is 1.98. The van der Waals surface area contributed by atoms with Crippen LogP contribution in [-0.4, -0.2) is 9.97 Å². The van der Waals surface area contributed by atoms with Gasteiger partial charge in [0, 0.05) is 12.4 Å². The van der Waals surface area contributed by atoms with Crippen LogP contribution in [0.15, 0.2) is 18.5 Å². The Morgan fingerprint density at radius 2 is 2.09 bits per heavy atom. The Hall–Kier alpha value is -1.18. The molecule has 0 spiro atoms. The first-order chi connectivity index (χ1) is 5.38. The molecule has 2 rings (SSSR count). The second-order valence-electron chi connectivity index (χ2n) is 2.78. The van der Waals surface area contributed by atoms with Crippen LogP contribution in [0.5, 0.6) is 0 Å². The van der Waals surface area contributed by atoms with Gasteiger partial charge in [0.15, 0.2) is 0 Å². The third kappa shape index (κ3) is 1.04. The van der Waals surface area contributed by atoms with E-state index in [1.165, 1.54) is 5.57 Å². The number of hydrogen-bond donors (Lipinski definition) is 0.